The van der Waals surface area contributed by atoms with Crippen LogP contribution < -0.4 is 5.32 Å². The molecule has 3 rings (SSSR count). The zero-order chi connectivity index (χ0) is 27.7. The van der Waals surface area contributed by atoms with E-state index >= 15 is 0 Å². The van der Waals surface area contributed by atoms with Crippen molar-refractivity contribution in [2.75, 3.05) is 58.9 Å². The number of ether oxygens (including phenoxy) is 3. The summed E-state index contributed by atoms with van der Waals surface area (Å²) in [6.45, 7) is 12.4. The van der Waals surface area contributed by atoms with Gasteiger partial charge in [0.1, 0.15) is 5.60 Å². The molecule has 1 saturated heterocycles. The Balaban J connectivity index is 1.55. The summed E-state index contributed by atoms with van der Waals surface area (Å²) in [5.74, 6) is 6.73. The van der Waals surface area contributed by atoms with Crippen LogP contribution in [0.5, 0.6) is 0 Å². The number of hydrogen-bond donors (Lipinski definition) is 1. The molecule has 0 aromatic heterocycles. The number of rotatable bonds is 7. The number of esters is 1. The molecule has 1 N–H and O–H groups in total. The monoisotopic (exact) mass is 527 g/mol. The van der Waals surface area contributed by atoms with E-state index in [9.17, 15) is 9.59 Å². The van der Waals surface area contributed by atoms with Crippen LogP contribution in [0, 0.1) is 24.7 Å². The summed E-state index contributed by atoms with van der Waals surface area (Å²) < 4.78 is 16.0. The molecule has 1 aliphatic carbocycles. The molecule has 8 heteroatoms. The highest BCUT2D eigenvalue weighted by molar-refractivity contribution is 5.93. The lowest BCUT2D eigenvalue weighted by atomic mass is 9.83. The molecule has 2 fully saturated rings. The molecule has 1 amide bonds. The Morgan fingerprint density at radius 2 is 1.84 bits per heavy atom. The van der Waals surface area contributed by atoms with Crippen molar-refractivity contribution in [2.45, 2.75) is 71.4 Å². The highest BCUT2D eigenvalue weighted by Crippen LogP contribution is 2.30. The fourth-order valence-corrected chi connectivity index (χ4v) is 5.02. The zero-order valence-electron chi connectivity index (χ0n) is 24.0. The molecule has 1 aromatic rings. The smallest absolute Gasteiger partial charge is 0.410 e. The number of nitrogens with zero attached hydrogens (tertiary/aromatic N) is 2. The lowest BCUT2D eigenvalue weighted by molar-refractivity contribution is 0.0171. The molecule has 0 bridgehead atoms. The van der Waals surface area contributed by atoms with E-state index < -0.39 is 5.60 Å². The van der Waals surface area contributed by atoms with Crippen LogP contribution in [0.2, 0.25) is 0 Å². The van der Waals surface area contributed by atoms with Crippen molar-refractivity contribution < 1.29 is 23.8 Å². The Hall–Kier alpha value is -2.76. The number of morpholine rings is 1. The third-order valence-corrected chi connectivity index (χ3v) is 7.37. The minimum atomic E-state index is -0.480. The van der Waals surface area contributed by atoms with Crippen molar-refractivity contribution in [1.82, 2.24) is 9.80 Å². The number of nitrogens with one attached hydrogen (secondary N) is 1. The maximum absolute atomic E-state index is 12.4. The maximum Gasteiger partial charge on any atom is 0.410 e. The average Bonchev–Trinajstić information content (AvgIpc) is 2.89. The van der Waals surface area contributed by atoms with Crippen molar-refractivity contribution in [3.63, 3.8) is 0 Å². The van der Waals surface area contributed by atoms with E-state index in [1.165, 1.54) is 7.11 Å². The third-order valence-electron chi connectivity index (χ3n) is 7.37. The molecular weight excluding hydrogens is 482 g/mol. The van der Waals surface area contributed by atoms with Crippen LogP contribution in [-0.2, 0) is 14.2 Å². The number of hydrogen-bond acceptors (Lipinski definition) is 7. The van der Waals surface area contributed by atoms with E-state index in [1.54, 1.807) is 4.90 Å². The summed E-state index contributed by atoms with van der Waals surface area (Å²) in [4.78, 5) is 28.9. The fourth-order valence-electron chi connectivity index (χ4n) is 5.02. The molecule has 1 aromatic carbocycles. The molecule has 8 nitrogen and oxygen atoms in total. The predicted molar refractivity (Wildman–Crippen MR) is 150 cm³/mol. The van der Waals surface area contributed by atoms with E-state index in [1.807, 2.05) is 46.9 Å². The second-order valence-corrected chi connectivity index (χ2v) is 11.4. The Labute approximate surface area is 228 Å². The Morgan fingerprint density at radius 1 is 1.16 bits per heavy atom. The topological polar surface area (TPSA) is 80.3 Å². The summed E-state index contributed by atoms with van der Waals surface area (Å²) in [5.41, 5.74) is 2.66. The van der Waals surface area contributed by atoms with Crippen molar-refractivity contribution >= 4 is 17.7 Å². The molecule has 1 saturated carbocycles. The first-order valence-corrected chi connectivity index (χ1v) is 13.8. The molecule has 210 valence electrons. The first-order valence-electron chi connectivity index (χ1n) is 13.8. The van der Waals surface area contributed by atoms with Gasteiger partial charge in [0.15, 0.2) is 0 Å². The molecule has 1 aliphatic heterocycles. The first kappa shape index (κ1) is 29.8. The van der Waals surface area contributed by atoms with Crippen LogP contribution in [0.1, 0.15) is 74.4 Å². The molecule has 38 heavy (non-hydrogen) atoms. The van der Waals surface area contributed by atoms with Gasteiger partial charge >= 0.3 is 12.1 Å². The molecule has 1 heterocycles. The van der Waals surface area contributed by atoms with Crippen LogP contribution in [0.15, 0.2) is 12.1 Å². The van der Waals surface area contributed by atoms with E-state index in [2.05, 4.69) is 22.1 Å². The van der Waals surface area contributed by atoms with E-state index in [4.69, 9.17) is 14.2 Å². The van der Waals surface area contributed by atoms with Gasteiger partial charge in [-0.05, 0) is 83.4 Å². The second kappa shape index (κ2) is 13.9. The largest absolute Gasteiger partial charge is 0.465 e. The zero-order valence-corrected chi connectivity index (χ0v) is 24.0. The van der Waals surface area contributed by atoms with Gasteiger partial charge in [0.05, 0.1) is 32.4 Å². The fraction of sp³-hybridized carbons (Fsp3) is 0.667. The Kier molecular flexibility index (Phi) is 10.9. The van der Waals surface area contributed by atoms with Crippen LogP contribution in [0.3, 0.4) is 0 Å². The average molecular weight is 528 g/mol. The lowest BCUT2D eigenvalue weighted by Crippen LogP contribution is -2.42. The maximum atomic E-state index is 12.4. The van der Waals surface area contributed by atoms with Gasteiger partial charge in [-0.1, -0.05) is 11.8 Å². The van der Waals surface area contributed by atoms with Gasteiger partial charge in [-0.3, -0.25) is 4.90 Å². The van der Waals surface area contributed by atoms with Gasteiger partial charge in [0.2, 0.25) is 0 Å². The van der Waals surface area contributed by atoms with Gasteiger partial charge in [0.25, 0.3) is 0 Å². The highest BCUT2D eigenvalue weighted by Gasteiger charge is 2.29. The van der Waals surface area contributed by atoms with E-state index in [0.29, 0.717) is 18.0 Å². The Bertz CT molecular complexity index is 1010. The van der Waals surface area contributed by atoms with Crippen LogP contribution in [-0.4, -0.2) is 87.1 Å². The van der Waals surface area contributed by atoms with Gasteiger partial charge in [0, 0.05) is 44.0 Å². The van der Waals surface area contributed by atoms with Gasteiger partial charge < -0.3 is 24.4 Å². The lowest BCUT2D eigenvalue weighted by Gasteiger charge is -2.35. The van der Waals surface area contributed by atoms with Gasteiger partial charge in [-0.2, -0.15) is 0 Å². The standard InChI is InChI=1S/C30H45N3O5/c1-22-26(28(34)36-6)20-24(8-7-15-33-16-18-37-19-17-33)21-27(22)31-14-13-23-9-11-25(12-10-23)32(5)29(35)38-30(2,3)4/h20-21,23,25,31H,9-19H2,1-6H3/t23-,25-. The number of benzene rings is 1. The summed E-state index contributed by atoms with van der Waals surface area (Å²) in [7, 11) is 3.25. The van der Waals surface area contributed by atoms with E-state index in [0.717, 1.165) is 81.8 Å². The summed E-state index contributed by atoms with van der Waals surface area (Å²) >= 11 is 0. The number of amides is 1. The van der Waals surface area contributed by atoms with Crippen molar-refractivity contribution in [3.8, 4) is 11.8 Å². The highest BCUT2D eigenvalue weighted by atomic mass is 16.6. The Morgan fingerprint density at radius 3 is 2.47 bits per heavy atom. The quantitative estimate of drug-likeness (QED) is 0.407. The molecule has 0 spiro atoms. The summed E-state index contributed by atoms with van der Waals surface area (Å²) in [6.07, 6.45) is 4.92. The van der Waals surface area contributed by atoms with Crippen LogP contribution >= 0.6 is 0 Å². The van der Waals surface area contributed by atoms with Crippen molar-refractivity contribution in [1.29, 1.82) is 0 Å². The predicted octanol–water partition coefficient (Wildman–Crippen LogP) is 4.69. The molecule has 0 atom stereocenters. The summed E-state index contributed by atoms with van der Waals surface area (Å²) in [6, 6.07) is 4.08. The van der Waals surface area contributed by atoms with Gasteiger partial charge in [-0.25, -0.2) is 9.59 Å². The second-order valence-electron chi connectivity index (χ2n) is 11.4. The van der Waals surface area contributed by atoms with Gasteiger partial charge in [-0.15, -0.1) is 0 Å². The van der Waals surface area contributed by atoms with Crippen LogP contribution in [0.4, 0.5) is 10.5 Å². The minimum absolute atomic E-state index is 0.228. The molecule has 2 aliphatic rings. The SMILES string of the molecule is COC(=O)c1cc(C#CCN2CCOCC2)cc(NCC[C@H]2CC[C@H](N(C)C(=O)OC(C)(C)C)CC2)c1C. The molecular formula is C30H45N3O5. The number of carbonyl (C=O) groups excluding carboxylic acids is 2. The number of methoxy groups -OCH3 is 1. The normalized spacial score (nSPS) is 20.2. The minimum Gasteiger partial charge on any atom is -0.465 e. The van der Waals surface area contributed by atoms with Crippen LogP contribution in [0.25, 0.3) is 0 Å². The van der Waals surface area contributed by atoms with Crippen molar-refractivity contribution in [2.24, 2.45) is 5.92 Å². The van der Waals surface area contributed by atoms with Crippen molar-refractivity contribution in [3.05, 3.63) is 28.8 Å². The van der Waals surface area contributed by atoms with E-state index in [-0.39, 0.29) is 18.1 Å². The summed E-state index contributed by atoms with van der Waals surface area (Å²) in [5, 5.41) is 3.55. The number of anilines is 1. The third kappa shape index (κ3) is 8.92. The first-order chi connectivity index (χ1) is 18.1. The number of carbonyl (C=O) groups is 2. The molecule has 0 radical (unpaired) electrons. The molecule has 0 unspecified atom stereocenters.